The fraction of sp³-hybridized carbons (Fsp3) is 0.457. The number of hydrogen-bond acceptors (Lipinski definition) is 10. The molecule has 3 aromatic heterocycles. The molecule has 1 aliphatic heterocycles. The zero-order valence-electron chi connectivity index (χ0n) is 34.3. The predicted octanol–water partition coefficient (Wildman–Crippen LogP) is 9.03. The van der Waals surface area contributed by atoms with E-state index in [-0.39, 0.29) is 39.6 Å². The number of ether oxygens (including phenoxy) is 1. The quantitative estimate of drug-likeness (QED) is 0.105. The van der Waals surface area contributed by atoms with E-state index in [9.17, 15) is 14.7 Å². The lowest BCUT2D eigenvalue weighted by atomic mass is 9.41. The SMILES string of the molecule is CCC1=C(c2ccc(-c3ccc4cccc(C(=O)Nc5nc6ncccc6s5)c4c3)nc2C(=O)O)C(C)N(C23CC4(C)CC(C)(CC(OCCNC)(C4)C2)C3)N1CC. The molecular formula is C46H53N7O4S. The molecule has 302 valence electrons. The van der Waals surface area contributed by atoms with Gasteiger partial charge in [0.25, 0.3) is 5.91 Å². The number of nitrogens with zero attached hydrogens (tertiary/aromatic N) is 5. The zero-order valence-corrected chi connectivity index (χ0v) is 35.1. The van der Waals surface area contributed by atoms with Gasteiger partial charge in [-0.05, 0) is 124 Å². The Bertz CT molecular complexity index is 2450. The molecule has 10 rings (SSSR count). The number of anilines is 1. The van der Waals surface area contributed by atoms with E-state index in [1.807, 2.05) is 61.6 Å². The number of allylic oxidation sites excluding steroid dienone is 1. The van der Waals surface area contributed by atoms with Gasteiger partial charge in [0.2, 0.25) is 0 Å². The molecule has 0 radical (unpaired) electrons. The maximum absolute atomic E-state index is 13.7. The van der Waals surface area contributed by atoms with Gasteiger partial charge >= 0.3 is 5.97 Å². The molecule has 3 unspecified atom stereocenters. The molecule has 5 aromatic rings. The van der Waals surface area contributed by atoms with Gasteiger partial charge < -0.3 is 20.2 Å². The molecule has 5 aliphatic rings. The third-order valence-electron chi connectivity index (χ3n) is 13.3. The fourth-order valence-corrected chi connectivity index (χ4v) is 13.3. The second-order valence-corrected chi connectivity index (χ2v) is 19.0. The summed E-state index contributed by atoms with van der Waals surface area (Å²) in [5, 5.41) is 24.3. The monoisotopic (exact) mass is 799 g/mol. The number of carbonyl (C=O) groups is 2. The van der Waals surface area contributed by atoms with Gasteiger partial charge in [-0.2, -0.15) is 4.98 Å². The van der Waals surface area contributed by atoms with E-state index < -0.39 is 5.97 Å². The first-order chi connectivity index (χ1) is 27.8. The molecule has 3 atom stereocenters. The van der Waals surface area contributed by atoms with E-state index in [4.69, 9.17) is 9.72 Å². The highest BCUT2D eigenvalue weighted by atomic mass is 32.1. The van der Waals surface area contributed by atoms with Crippen LogP contribution in [0.2, 0.25) is 0 Å². The first-order valence-corrected chi connectivity index (χ1v) is 21.5. The molecule has 58 heavy (non-hydrogen) atoms. The lowest BCUT2D eigenvalue weighted by Gasteiger charge is -2.71. The Morgan fingerprint density at radius 2 is 1.76 bits per heavy atom. The van der Waals surface area contributed by atoms with Crippen LogP contribution in [0.3, 0.4) is 0 Å². The predicted molar refractivity (Wildman–Crippen MR) is 230 cm³/mol. The summed E-state index contributed by atoms with van der Waals surface area (Å²) in [4.78, 5) is 40.6. The number of likely N-dealkylation sites (N-methyl/N-ethyl adjacent to an activating group) is 1. The number of aromatic nitrogens is 3. The van der Waals surface area contributed by atoms with E-state index >= 15 is 0 Å². The van der Waals surface area contributed by atoms with Crippen molar-refractivity contribution in [3.63, 3.8) is 0 Å². The molecule has 1 amide bonds. The number of fused-ring (bicyclic) bond motifs is 2. The molecule has 4 heterocycles. The van der Waals surface area contributed by atoms with Crippen molar-refractivity contribution in [3.8, 4) is 11.3 Å². The Kier molecular flexibility index (Phi) is 9.50. The van der Waals surface area contributed by atoms with Gasteiger partial charge in [-0.15, -0.1) is 0 Å². The van der Waals surface area contributed by atoms with E-state index in [0.29, 0.717) is 34.2 Å². The summed E-state index contributed by atoms with van der Waals surface area (Å²) in [5.74, 6) is -1.35. The topological polar surface area (TPSA) is 133 Å². The Morgan fingerprint density at radius 1 is 0.966 bits per heavy atom. The standard InChI is InChI=1S/C46H53N7O4S/c1-7-35-37(28(3)53(52(35)8-2)45-23-43(4)22-44(5,24-45)26-46(25-43,27-45)57-20-19-47-6)32-16-17-34(49-38(32)41(55)56)30-15-14-29-11-9-12-31(33(29)21-30)40(54)51-42-50-39-36(58-42)13-10-18-48-39/h9-18,21,28,47H,7-8,19-20,22-27H2,1-6H3,(H,55,56)(H,48,50,51,54). The molecule has 11 nitrogen and oxygen atoms in total. The number of thiazole rings is 1. The van der Waals surface area contributed by atoms with Crippen LogP contribution in [0, 0.1) is 10.8 Å². The summed E-state index contributed by atoms with van der Waals surface area (Å²) < 4.78 is 7.81. The zero-order chi connectivity index (χ0) is 40.6. The largest absolute Gasteiger partial charge is 0.476 e. The van der Waals surface area contributed by atoms with Crippen LogP contribution in [0.1, 0.15) is 106 Å². The lowest BCUT2D eigenvalue weighted by Crippen LogP contribution is -2.73. The number of amides is 1. The van der Waals surface area contributed by atoms with Crippen LogP contribution >= 0.6 is 11.3 Å². The van der Waals surface area contributed by atoms with Gasteiger partial charge in [-0.3, -0.25) is 10.1 Å². The molecule has 4 bridgehead atoms. The lowest BCUT2D eigenvalue weighted by molar-refractivity contribution is -0.273. The first kappa shape index (κ1) is 38.8. The van der Waals surface area contributed by atoms with Crippen LogP contribution in [0.4, 0.5) is 5.13 Å². The van der Waals surface area contributed by atoms with E-state index in [0.717, 1.165) is 83.9 Å². The number of carboxylic acid groups (broad SMARTS) is 1. The molecule has 0 saturated heterocycles. The number of carboxylic acids is 1. The molecule has 2 aromatic carbocycles. The second kappa shape index (κ2) is 14.2. The highest BCUT2D eigenvalue weighted by molar-refractivity contribution is 7.22. The van der Waals surface area contributed by atoms with E-state index in [1.54, 1.807) is 12.3 Å². The molecule has 3 N–H and O–H groups in total. The molecule has 0 spiro atoms. The molecule has 4 fully saturated rings. The molecule has 4 saturated carbocycles. The Hall–Kier alpha value is -4.75. The number of hydrazine groups is 1. The summed E-state index contributed by atoms with van der Waals surface area (Å²) in [6.45, 7) is 13.9. The number of carbonyl (C=O) groups excluding carboxylic acids is 1. The van der Waals surface area contributed by atoms with Crippen LogP contribution in [0.25, 0.3) is 38.0 Å². The number of hydrogen-bond donors (Lipinski definition) is 3. The van der Waals surface area contributed by atoms with E-state index in [1.165, 1.54) is 17.8 Å². The van der Waals surface area contributed by atoms with Gasteiger partial charge in [-0.25, -0.2) is 19.8 Å². The van der Waals surface area contributed by atoms with Gasteiger partial charge in [0, 0.05) is 52.8 Å². The third kappa shape index (κ3) is 6.40. The second-order valence-electron chi connectivity index (χ2n) is 17.9. The van der Waals surface area contributed by atoms with Crippen LogP contribution in [0.15, 0.2) is 72.6 Å². The minimum Gasteiger partial charge on any atom is -0.476 e. The number of nitrogens with one attached hydrogen (secondary N) is 2. The number of rotatable bonds is 12. The number of benzene rings is 2. The van der Waals surface area contributed by atoms with Gasteiger partial charge in [0.1, 0.15) is 0 Å². The van der Waals surface area contributed by atoms with Gasteiger partial charge in [0.15, 0.2) is 16.5 Å². The van der Waals surface area contributed by atoms with Gasteiger partial charge in [-0.1, -0.05) is 56.4 Å². The van der Waals surface area contributed by atoms with Crippen molar-refractivity contribution in [2.45, 2.75) is 96.7 Å². The highest BCUT2D eigenvalue weighted by Gasteiger charge is 2.69. The Balaban J connectivity index is 1.07. The Morgan fingerprint density at radius 3 is 2.47 bits per heavy atom. The van der Waals surface area contributed by atoms with Crippen LogP contribution in [0.5, 0.6) is 0 Å². The summed E-state index contributed by atoms with van der Waals surface area (Å²) in [6.07, 6.45) is 9.01. The third-order valence-corrected chi connectivity index (χ3v) is 14.2. The number of pyridine rings is 2. The summed E-state index contributed by atoms with van der Waals surface area (Å²) in [7, 11) is 1.98. The smallest absolute Gasteiger partial charge is 0.355 e. The maximum Gasteiger partial charge on any atom is 0.355 e. The summed E-state index contributed by atoms with van der Waals surface area (Å²) in [5.41, 5.74) is 5.28. The minimum atomic E-state index is -1.06. The summed E-state index contributed by atoms with van der Waals surface area (Å²) >= 11 is 1.37. The first-order valence-electron chi connectivity index (χ1n) is 20.7. The van der Waals surface area contributed by atoms with Crippen molar-refractivity contribution < 1.29 is 19.4 Å². The van der Waals surface area contributed by atoms with Crippen molar-refractivity contribution in [1.29, 1.82) is 0 Å². The van der Waals surface area contributed by atoms with Crippen molar-refractivity contribution >= 4 is 55.0 Å². The van der Waals surface area contributed by atoms with Crippen LogP contribution in [-0.2, 0) is 4.74 Å². The molecular weight excluding hydrogens is 747 g/mol. The minimum absolute atomic E-state index is 0.0371. The highest BCUT2D eigenvalue weighted by Crippen LogP contribution is 2.71. The Labute approximate surface area is 343 Å². The fourth-order valence-electron chi connectivity index (χ4n) is 12.5. The average molecular weight is 800 g/mol. The van der Waals surface area contributed by atoms with Crippen molar-refractivity contribution in [3.05, 3.63) is 89.4 Å². The van der Waals surface area contributed by atoms with Crippen LogP contribution in [-0.4, -0.2) is 85.9 Å². The van der Waals surface area contributed by atoms with Crippen molar-refractivity contribution in [1.82, 2.24) is 30.3 Å². The normalized spacial score (nSPS) is 28.0. The average Bonchev–Trinajstić information content (AvgIpc) is 3.72. The maximum atomic E-state index is 13.7. The number of aromatic carboxylic acids is 1. The van der Waals surface area contributed by atoms with Crippen LogP contribution < -0.4 is 10.6 Å². The van der Waals surface area contributed by atoms with Crippen molar-refractivity contribution in [2.75, 3.05) is 32.1 Å². The van der Waals surface area contributed by atoms with Crippen molar-refractivity contribution in [2.24, 2.45) is 10.8 Å². The molecule has 4 aliphatic carbocycles. The van der Waals surface area contributed by atoms with E-state index in [2.05, 4.69) is 65.2 Å². The van der Waals surface area contributed by atoms with Gasteiger partial charge in [0.05, 0.1) is 28.6 Å². The molecule has 12 heteroatoms. The summed E-state index contributed by atoms with van der Waals surface area (Å²) in [6, 6.07) is 19.0.